The normalized spacial score (nSPS) is 22.0. The molecule has 0 aromatic heterocycles. The molecule has 1 amide bonds. The molecule has 134 valence electrons. The maximum absolute atomic E-state index is 12.5. The topological polar surface area (TPSA) is 41.6 Å². The van der Waals surface area contributed by atoms with E-state index in [2.05, 4.69) is 5.32 Å². The fourth-order valence-electron chi connectivity index (χ4n) is 3.41. The van der Waals surface area contributed by atoms with Crippen molar-refractivity contribution in [1.82, 2.24) is 10.2 Å². The number of nitrogens with one attached hydrogen (secondary N) is 1. The van der Waals surface area contributed by atoms with Crippen molar-refractivity contribution in [3.8, 4) is 0 Å². The average molecular weight is 373 g/mol. The Labute approximate surface area is 155 Å². The molecule has 6 heteroatoms. The lowest BCUT2D eigenvalue weighted by atomic mass is 9.93. The van der Waals surface area contributed by atoms with Gasteiger partial charge in [-0.25, -0.2) is 0 Å². The first-order chi connectivity index (χ1) is 11.2. The van der Waals surface area contributed by atoms with Gasteiger partial charge in [-0.05, 0) is 56.0 Å². The second-order valence-electron chi connectivity index (χ2n) is 6.48. The number of morpholine rings is 1. The molecule has 2 saturated heterocycles. The molecule has 2 aliphatic rings. The predicted octanol–water partition coefficient (Wildman–Crippen LogP) is 3.44. The molecular formula is C18H26Cl2N2O2. The molecule has 1 aromatic carbocycles. The zero-order chi connectivity index (χ0) is 16.1. The highest BCUT2D eigenvalue weighted by Crippen LogP contribution is 2.25. The van der Waals surface area contributed by atoms with Gasteiger partial charge in [0.15, 0.2) is 0 Å². The van der Waals surface area contributed by atoms with Crippen LogP contribution in [0.3, 0.4) is 0 Å². The third-order valence-corrected chi connectivity index (χ3v) is 5.14. The van der Waals surface area contributed by atoms with Gasteiger partial charge in [-0.2, -0.15) is 0 Å². The van der Waals surface area contributed by atoms with Gasteiger partial charge in [-0.1, -0.05) is 23.7 Å². The van der Waals surface area contributed by atoms with Crippen LogP contribution >= 0.6 is 24.0 Å². The summed E-state index contributed by atoms with van der Waals surface area (Å²) in [6.45, 7) is 4.14. The third-order valence-electron chi connectivity index (χ3n) is 4.89. The largest absolute Gasteiger partial charge is 0.370 e. The standard InChI is InChI=1S/C18H25ClN2O2.ClH/c19-16-4-2-15(3-5-16)17-13-21(11-12-23-17)18(22)6-1-14-7-9-20-10-8-14;/h2-5,14,17,20H,1,6-13H2;1H. The number of piperidine rings is 1. The Bertz CT molecular complexity index is 518. The Morgan fingerprint density at radius 1 is 1.25 bits per heavy atom. The maximum atomic E-state index is 12.5. The summed E-state index contributed by atoms with van der Waals surface area (Å²) < 4.78 is 5.83. The Hall–Kier alpha value is -0.810. The number of carbonyl (C=O) groups is 1. The number of halogens is 2. The average Bonchev–Trinajstić information content (AvgIpc) is 2.61. The van der Waals surface area contributed by atoms with Gasteiger partial charge in [0.05, 0.1) is 13.2 Å². The first-order valence-electron chi connectivity index (χ1n) is 8.58. The summed E-state index contributed by atoms with van der Waals surface area (Å²) in [7, 11) is 0. The van der Waals surface area contributed by atoms with Crippen molar-refractivity contribution < 1.29 is 9.53 Å². The van der Waals surface area contributed by atoms with Gasteiger partial charge in [0.1, 0.15) is 6.10 Å². The van der Waals surface area contributed by atoms with E-state index in [0.29, 0.717) is 32.0 Å². The van der Waals surface area contributed by atoms with Crippen molar-refractivity contribution in [3.05, 3.63) is 34.9 Å². The number of amides is 1. The van der Waals surface area contributed by atoms with Crippen LogP contribution in [0.5, 0.6) is 0 Å². The van der Waals surface area contributed by atoms with Crippen molar-refractivity contribution >= 4 is 29.9 Å². The van der Waals surface area contributed by atoms with Crippen LogP contribution in [0.4, 0.5) is 0 Å². The second kappa shape index (κ2) is 9.62. The second-order valence-corrected chi connectivity index (χ2v) is 6.92. The van der Waals surface area contributed by atoms with Gasteiger partial charge in [0, 0.05) is 18.0 Å². The minimum Gasteiger partial charge on any atom is -0.370 e. The lowest BCUT2D eigenvalue weighted by Gasteiger charge is -2.33. The molecule has 0 spiro atoms. The summed E-state index contributed by atoms with van der Waals surface area (Å²) in [5.41, 5.74) is 1.09. The van der Waals surface area contributed by atoms with Crippen molar-refractivity contribution in [1.29, 1.82) is 0 Å². The maximum Gasteiger partial charge on any atom is 0.222 e. The summed E-state index contributed by atoms with van der Waals surface area (Å²) in [6, 6.07) is 7.71. The van der Waals surface area contributed by atoms with E-state index >= 15 is 0 Å². The lowest BCUT2D eigenvalue weighted by Crippen LogP contribution is -2.42. The fraction of sp³-hybridized carbons (Fsp3) is 0.611. The molecule has 0 bridgehead atoms. The van der Waals surface area contributed by atoms with Crippen molar-refractivity contribution in [2.24, 2.45) is 5.92 Å². The van der Waals surface area contributed by atoms with E-state index in [1.54, 1.807) is 0 Å². The number of carbonyl (C=O) groups excluding carboxylic acids is 1. The van der Waals surface area contributed by atoms with Crippen molar-refractivity contribution in [2.45, 2.75) is 31.8 Å². The quantitative estimate of drug-likeness (QED) is 0.879. The van der Waals surface area contributed by atoms with Crippen molar-refractivity contribution in [3.63, 3.8) is 0 Å². The zero-order valence-corrected chi connectivity index (χ0v) is 15.5. The number of rotatable bonds is 4. The molecule has 4 nitrogen and oxygen atoms in total. The number of benzene rings is 1. The zero-order valence-electron chi connectivity index (χ0n) is 13.9. The smallest absolute Gasteiger partial charge is 0.222 e. The van der Waals surface area contributed by atoms with Crippen LogP contribution < -0.4 is 5.32 Å². The van der Waals surface area contributed by atoms with Crippen LogP contribution in [-0.4, -0.2) is 43.6 Å². The summed E-state index contributed by atoms with van der Waals surface area (Å²) in [5, 5.41) is 4.09. The van der Waals surface area contributed by atoms with Gasteiger partial charge >= 0.3 is 0 Å². The molecule has 0 saturated carbocycles. The van der Waals surface area contributed by atoms with Gasteiger partial charge in [0.2, 0.25) is 5.91 Å². The lowest BCUT2D eigenvalue weighted by molar-refractivity contribution is -0.139. The van der Waals surface area contributed by atoms with Crippen LogP contribution in [0.25, 0.3) is 0 Å². The molecule has 24 heavy (non-hydrogen) atoms. The fourth-order valence-corrected chi connectivity index (χ4v) is 3.54. The Morgan fingerprint density at radius 2 is 1.96 bits per heavy atom. The minimum absolute atomic E-state index is 0. The number of hydrogen-bond acceptors (Lipinski definition) is 3. The summed E-state index contributed by atoms with van der Waals surface area (Å²) in [4.78, 5) is 14.5. The van der Waals surface area contributed by atoms with Crippen LogP contribution in [0.2, 0.25) is 5.02 Å². The Kier molecular flexibility index (Phi) is 7.82. The molecule has 2 heterocycles. The predicted molar refractivity (Wildman–Crippen MR) is 98.8 cm³/mol. The number of hydrogen-bond donors (Lipinski definition) is 1. The highest BCUT2D eigenvalue weighted by molar-refractivity contribution is 6.30. The van der Waals surface area contributed by atoms with E-state index in [4.69, 9.17) is 16.3 Å². The van der Waals surface area contributed by atoms with E-state index in [1.165, 1.54) is 12.8 Å². The molecule has 0 aliphatic carbocycles. The monoisotopic (exact) mass is 372 g/mol. The first kappa shape index (κ1) is 19.5. The van der Waals surface area contributed by atoms with Gasteiger partial charge < -0.3 is 15.0 Å². The van der Waals surface area contributed by atoms with E-state index in [1.807, 2.05) is 29.2 Å². The molecule has 1 unspecified atom stereocenters. The van der Waals surface area contributed by atoms with E-state index < -0.39 is 0 Å². The number of ether oxygens (including phenoxy) is 1. The summed E-state index contributed by atoms with van der Waals surface area (Å²) in [6.07, 6.45) is 4.04. The molecular weight excluding hydrogens is 347 g/mol. The van der Waals surface area contributed by atoms with Gasteiger partial charge in [0.25, 0.3) is 0 Å². The van der Waals surface area contributed by atoms with Crippen LogP contribution in [0, 0.1) is 5.92 Å². The van der Waals surface area contributed by atoms with Crippen LogP contribution in [0.15, 0.2) is 24.3 Å². The molecule has 1 N–H and O–H groups in total. The van der Waals surface area contributed by atoms with Gasteiger partial charge in [-0.3, -0.25) is 4.79 Å². The third kappa shape index (κ3) is 5.35. The molecule has 1 atom stereocenters. The summed E-state index contributed by atoms with van der Waals surface area (Å²) >= 11 is 5.93. The molecule has 3 rings (SSSR count). The molecule has 2 fully saturated rings. The Balaban J connectivity index is 0.00000208. The Morgan fingerprint density at radius 3 is 2.67 bits per heavy atom. The van der Waals surface area contributed by atoms with Crippen LogP contribution in [-0.2, 0) is 9.53 Å². The highest BCUT2D eigenvalue weighted by Gasteiger charge is 2.26. The molecule has 0 radical (unpaired) electrons. The highest BCUT2D eigenvalue weighted by atomic mass is 35.5. The first-order valence-corrected chi connectivity index (χ1v) is 8.96. The summed E-state index contributed by atoms with van der Waals surface area (Å²) in [5.74, 6) is 0.971. The van der Waals surface area contributed by atoms with Crippen molar-refractivity contribution in [2.75, 3.05) is 32.8 Å². The van der Waals surface area contributed by atoms with E-state index in [9.17, 15) is 4.79 Å². The molecule has 2 aliphatic heterocycles. The van der Waals surface area contributed by atoms with E-state index in [0.717, 1.165) is 30.1 Å². The van der Waals surface area contributed by atoms with Crippen LogP contribution in [0.1, 0.15) is 37.4 Å². The SMILES string of the molecule is Cl.O=C(CCC1CCNCC1)N1CCOC(c2ccc(Cl)cc2)C1. The minimum atomic E-state index is -0.0381. The number of nitrogens with zero attached hydrogens (tertiary/aromatic N) is 1. The molecule has 1 aromatic rings. The van der Waals surface area contributed by atoms with E-state index in [-0.39, 0.29) is 24.4 Å². The van der Waals surface area contributed by atoms with Gasteiger partial charge in [-0.15, -0.1) is 12.4 Å².